The van der Waals surface area contributed by atoms with Crippen LogP contribution in [0.15, 0.2) is 35.6 Å². The van der Waals surface area contributed by atoms with Gasteiger partial charge in [-0.3, -0.25) is 4.79 Å². The maximum absolute atomic E-state index is 13.9. The molecule has 0 bridgehead atoms. The minimum absolute atomic E-state index is 0.180. The second kappa shape index (κ2) is 12.1. The Labute approximate surface area is 229 Å². The van der Waals surface area contributed by atoms with Crippen LogP contribution in [-0.2, 0) is 6.18 Å². The highest BCUT2D eigenvalue weighted by atomic mass is 32.2. The summed E-state index contributed by atoms with van der Waals surface area (Å²) >= 11 is 1.27. The maximum Gasteiger partial charge on any atom is 0.451 e. The number of carbonyl (C=O) groups is 2. The zero-order valence-electron chi connectivity index (χ0n) is 21.3. The molecule has 4 rings (SSSR count). The Morgan fingerprint density at radius 3 is 2.40 bits per heavy atom. The van der Waals surface area contributed by atoms with E-state index in [4.69, 9.17) is 4.74 Å². The van der Waals surface area contributed by atoms with Gasteiger partial charge in [-0.2, -0.15) is 18.2 Å². The van der Waals surface area contributed by atoms with Gasteiger partial charge in [0.1, 0.15) is 17.3 Å². The van der Waals surface area contributed by atoms with E-state index in [1.807, 2.05) is 0 Å². The van der Waals surface area contributed by atoms with E-state index >= 15 is 0 Å². The molecule has 1 N–H and O–H groups in total. The van der Waals surface area contributed by atoms with Gasteiger partial charge in [0.15, 0.2) is 11.8 Å². The van der Waals surface area contributed by atoms with E-state index < -0.39 is 53.6 Å². The number of piperidine rings is 1. The number of para-hydroxylation sites is 1. The molecule has 1 aromatic carbocycles. The zero-order valence-corrected chi connectivity index (χ0v) is 22.1. The molecule has 0 atom stereocenters. The number of urea groups is 1. The summed E-state index contributed by atoms with van der Waals surface area (Å²) in [5.74, 6) is -4.42. The number of halogens is 5. The predicted octanol–water partition coefficient (Wildman–Crippen LogP) is 5.27. The molecule has 0 radical (unpaired) electrons. The molecule has 212 valence electrons. The Bertz CT molecular complexity index is 1400. The van der Waals surface area contributed by atoms with E-state index in [1.165, 1.54) is 22.7 Å². The first kappa shape index (κ1) is 29.1. The van der Waals surface area contributed by atoms with Gasteiger partial charge >= 0.3 is 12.2 Å². The fourth-order valence-electron chi connectivity index (χ4n) is 4.23. The van der Waals surface area contributed by atoms with Crippen LogP contribution in [0.25, 0.3) is 0 Å². The molecule has 1 saturated heterocycles. The third-order valence-corrected chi connectivity index (χ3v) is 6.70. The normalized spacial score (nSPS) is 14.2. The monoisotopic (exact) mass is 582 g/mol. The van der Waals surface area contributed by atoms with Gasteiger partial charge in [0.25, 0.3) is 0 Å². The van der Waals surface area contributed by atoms with Gasteiger partial charge in [0, 0.05) is 31.3 Å². The first-order chi connectivity index (χ1) is 19.0. The smallest absolute Gasteiger partial charge is 0.451 e. The number of ketones is 1. The van der Waals surface area contributed by atoms with Crippen LogP contribution in [-0.4, -0.2) is 62.6 Å². The molecule has 1 fully saturated rings. The number of nitrogens with zero attached hydrogens (tertiary/aromatic N) is 5. The number of hydrogen-bond donors (Lipinski definition) is 1. The Morgan fingerprint density at radius 1 is 1.10 bits per heavy atom. The number of carbonyl (C=O) groups excluding carboxylic acids is 2. The van der Waals surface area contributed by atoms with Crippen LogP contribution in [0.3, 0.4) is 0 Å². The lowest BCUT2D eigenvalue weighted by atomic mass is 9.89. The van der Waals surface area contributed by atoms with Crippen LogP contribution in [0, 0.1) is 18.6 Å². The quantitative estimate of drug-likeness (QED) is 0.174. The number of nitrogens with one attached hydrogen (secondary N) is 1. The summed E-state index contributed by atoms with van der Waals surface area (Å²) in [6.45, 7) is 1.45. The molecule has 2 amide bonds. The number of anilines is 1. The Morgan fingerprint density at radius 2 is 1.77 bits per heavy atom. The van der Waals surface area contributed by atoms with Crippen molar-refractivity contribution >= 4 is 29.3 Å². The van der Waals surface area contributed by atoms with Crippen LogP contribution < -0.4 is 10.1 Å². The number of thioether (sulfide) groups is 1. The van der Waals surface area contributed by atoms with Gasteiger partial charge in [0.05, 0.1) is 17.0 Å². The van der Waals surface area contributed by atoms with E-state index in [0.717, 1.165) is 24.4 Å². The number of aryl methyl sites for hydroxylation is 1. The molecule has 1 aliphatic rings. The van der Waals surface area contributed by atoms with E-state index in [2.05, 4.69) is 25.3 Å². The molecule has 1 aliphatic heterocycles. The molecular weight excluding hydrogens is 559 g/mol. The highest BCUT2D eigenvalue weighted by Crippen LogP contribution is 2.32. The summed E-state index contributed by atoms with van der Waals surface area (Å²) in [6.07, 6.45) is -1.35. The standard InChI is InChI=1S/C25H23F5N6O3S/c1-13-19(17(37)12-39-18-6-9-31-22(33-18)25(28,29)30)20(34-23(32-13)40-2)14-7-10-36(11-8-14)24(38)35-21-15(26)4-3-5-16(21)27/h3-6,9,14H,7-8,10-12H2,1-2H3,(H,35,38). The molecular formula is C25H23F5N6O3S. The van der Waals surface area contributed by atoms with Gasteiger partial charge in [-0.15, -0.1) is 0 Å². The summed E-state index contributed by atoms with van der Waals surface area (Å²) in [5.41, 5.74) is 0.449. The lowest BCUT2D eigenvalue weighted by Crippen LogP contribution is -2.41. The van der Waals surface area contributed by atoms with Crippen molar-refractivity contribution in [3.8, 4) is 5.88 Å². The predicted molar refractivity (Wildman–Crippen MR) is 134 cm³/mol. The van der Waals surface area contributed by atoms with Gasteiger partial charge < -0.3 is 15.0 Å². The van der Waals surface area contributed by atoms with Crippen molar-refractivity contribution in [2.24, 2.45) is 0 Å². The van der Waals surface area contributed by atoms with Crippen molar-refractivity contribution in [3.05, 3.63) is 64.9 Å². The summed E-state index contributed by atoms with van der Waals surface area (Å²) in [7, 11) is 0. The van der Waals surface area contributed by atoms with Crippen molar-refractivity contribution in [3.63, 3.8) is 0 Å². The minimum Gasteiger partial charge on any atom is -0.469 e. The summed E-state index contributed by atoms with van der Waals surface area (Å²) in [6, 6.07) is 3.70. The Hall–Kier alpha value is -3.88. The van der Waals surface area contributed by atoms with Crippen LogP contribution in [0.5, 0.6) is 5.88 Å². The van der Waals surface area contributed by atoms with Gasteiger partial charge in [-0.25, -0.2) is 28.5 Å². The zero-order chi connectivity index (χ0) is 29.0. The number of rotatable bonds is 7. The molecule has 3 aromatic rings. The number of hydrogen-bond acceptors (Lipinski definition) is 8. The number of ether oxygens (including phenoxy) is 1. The van der Waals surface area contributed by atoms with Gasteiger partial charge in [0.2, 0.25) is 17.5 Å². The topological polar surface area (TPSA) is 110 Å². The SMILES string of the molecule is CSc1nc(C)c(C(=O)COc2ccnc(C(F)(F)F)n2)c(C2CCN(C(=O)Nc3c(F)cccc3F)CC2)n1. The molecule has 0 spiro atoms. The number of aromatic nitrogens is 4. The van der Waals surface area contributed by atoms with Crippen LogP contribution in [0.1, 0.15) is 46.3 Å². The number of alkyl halides is 3. The van der Waals surface area contributed by atoms with Crippen molar-refractivity contribution in [1.82, 2.24) is 24.8 Å². The second-order valence-electron chi connectivity index (χ2n) is 8.77. The third kappa shape index (κ3) is 6.63. The van der Waals surface area contributed by atoms with Crippen LogP contribution in [0.4, 0.5) is 32.4 Å². The van der Waals surface area contributed by atoms with E-state index in [9.17, 15) is 31.5 Å². The van der Waals surface area contributed by atoms with Crippen LogP contribution >= 0.6 is 11.8 Å². The van der Waals surface area contributed by atoms with Crippen molar-refractivity contribution in [2.45, 2.75) is 37.0 Å². The summed E-state index contributed by atoms with van der Waals surface area (Å²) < 4.78 is 71.9. The van der Waals surface area contributed by atoms with Gasteiger partial charge in [-0.1, -0.05) is 17.8 Å². The molecule has 0 aliphatic carbocycles. The molecule has 2 aromatic heterocycles. The van der Waals surface area contributed by atoms with Crippen LogP contribution in [0.2, 0.25) is 0 Å². The average Bonchev–Trinajstić information content (AvgIpc) is 2.93. The molecule has 0 saturated carbocycles. The first-order valence-electron chi connectivity index (χ1n) is 12.0. The van der Waals surface area contributed by atoms with Gasteiger partial charge in [-0.05, 0) is 38.2 Å². The summed E-state index contributed by atoms with van der Waals surface area (Å²) in [4.78, 5) is 42.6. The first-order valence-corrected chi connectivity index (χ1v) is 13.2. The molecule has 40 heavy (non-hydrogen) atoms. The van der Waals surface area contributed by atoms with E-state index in [0.29, 0.717) is 29.4 Å². The molecule has 3 heterocycles. The number of amides is 2. The molecule has 15 heteroatoms. The highest BCUT2D eigenvalue weighted by Gasteiger charge is 2.35. The minimum atomic E-state index is -4.77. The average molecular weight is 583 g/mol. The van der Waals surface area contributed by atoms with E-state index in [-0.39, 0.29) is 24.6 Å². The Kier molecular flexibility index (Phi) is 8.81. The highest BCUT2D eigenvalue weighted by molar-refractivity contribution is 7.98. The second-order valence-corrected chi connectivity index (χ2v) is 9.55. The largest absolute Gasteiger partial charge is 0.469 e. The fraction of sp³-hybridized carbons (Fsp3) is 0.360. The van der Waals surface area contributed by atoms with Crippen molar-refractivity contribution in [1.29, 1.82) is 0 Å². The maximum atomic E-state index is 13.9. The third-order valence-electron chi connectivity index (χ3n) is 6.16. The summed E-state index contributed by atoms with van der Waals surface area (Å²) in [5, 5.41) is 2.68. The molecule has 0 unspecified atom stereocenters. The lowest BCUT2D eigenvalue weighted by molar-refractivity contribution is -0.145. The lowest BCUT2D eigenvalue weighted by Gasteiger charge is -2.32. The van der Waals surface area contributed by atoms with E-state index in [1.54, 1.807) is 13.2 Å². The number of Topliss-reactive ketones (excluding diaryl/α,β-unsaturated/α-hetero) is 1. The molecule has 9 nitrogen and oxygen atoms in total. The number of benzene rings is 1. The Balaban J connectivity index is 1.48. The van der Waals surface area contributed by atoms with Crippen molar-refractivity contribution in [2.75, 3.05) is 31.3 Å². The van der Waals surface area contributed by atoms with Crippen molar-refractivity contribution < 1.29 is 36.3 Å². The fourth-order valence-corrected chi connectivity index (χ4v) is 4.65. The number of likely N-dealkylation sites (tertiary alicyclic amines) is 1.